The van der Waals surface area contributed by atoms with Gasteiger partial charge in [-0.2, -0.15) is 0 Å². The molecule has 0 unspecified atom stereocenters. The summed E-state index contributed by atoms with van der Waals surface area (Å²) in [7, 11) is 0. The van der Waals surface area contributed by atoms with Crippen LogP contribution in [0.2, 0.25) is 0 Å². The maximum absolute atomic E-state index is 5.44. The first-order chi connectivity index (χ1) is 7.24. The van der Waals surface area contributed by atoms with Gasteiger partial charge in [0.05, 0.1) is 6.26 Å². The molecule has 0 bridgehead atoms. The second kappa shape index (κ2) is 5.91. The molecule has 0 spiro atoms. The van der Waals surface area contributed by atoms with Crippen LogP contribution in [-0.4, -0.2) is 13.2 Å². The lowest BCUT2D eigenvalue weighted by molar-refractivity contribution is 0.179. The normalized spacial score (nSPS) is 9.40. The van der Waals surface area contributed by atoms with Gasteiger partial charge in [0.2, 0.25) is 0 Å². The molecule has 0 aliphatic carbocycles. The van der Waals surface area contributed by atoms with Gasteiger partial charge >= 0.3 is 0 Å². The molecule has 0 saturated heterocycles. The van der Waals surface area contributed by atoms with Crippen molar-refractivity contribution >= 4 is 5.57 Å². The van der Waals surface area contributed by atoms with E-state index in [4.69, 9.17) is 9.47 Å². The summed E-state index contributed by atoms with van der Waals surface area (Å²) in [6.07, 6.45) is 1.41. The largest absolute Gasteiger partial charge is 0.498 e. The van der Waals surface area contributed by atoms with E-state index >= 15 is 0 Å². The number of hydrogen-bond donors (Lipinski definition) is 0. The Hall–Kier alpha value is -1.70. The third-order valence-electron chi connectivity index (χ3n) is 1.93. The second-order valence-electron chi connectivity index (χ2n) is 3.19. The molecule has 2 heteroatoms. The highest BCUT2D eigenvalue weighted by Gasteiger charge is 1.95. The lowest BCUT2D eigenvalue weighted by Crippen LogP contribution is -2.03. The zero-order chi connectivity index (χ0) is 11.1. The number of rotatable bonds is 6. The van der Waals surface area contributed by atoms with Gasteiger partial charge in [-0.1, -0.05) is 30.9 Å². The Bertz CT molecular complexity index is 325. The SMILES string of the molecule is C=COCCOc1ccc(C(=C)C)cc1. The van der Waals surface area contributed by atoms with Gasteiger partial charge in [-0.05, 0) is 24.6 Å². The predicted octanol–water partition coefficient (Wildman–Crippen LogP) is 3.26. The van der Waals surface area contributed by atoms with E-state index in [1.54, 1.807) is 0 Å². The molecule has 0 aliphatic heterocycles. The Kier molecular flexibility index (Phi) is 4.48. The fraction of sp³-hybridized carbons (Fsp3) is 0.231. The van der Waals surface area contributed by atoms with Crippen molar-refractivity contribution in [3.63, 3.8) is 0 Å². The van der Waals surface area contributed by atoms with E-state index in [1.807, 2.05) is 31.2 Å². The van der Waals surface area contributed by atoms with E-state index in [1.165, 1.54) is 6.26 Å². The van der Waals surface area contributed by atoms with Crippen LogP contribution in [0, 0.1) is 0 Å². The van der Waals surface area contributed by atoms with Crippen LogP contribution in [0.1, 0.15) is 12.5 Å². The Labute approximate surface area is 90.8 Å². The van der Waals surface area contributed by atoms with Crippen molar-refractivity contribution in [2.45, 2.75) is 6.92 Å². The molecule has 0 radical (unpaired) electrons. The lowest BCUT2D eigenvalue weighted by atomic mass is 10.1. The Morgan fingerprint density at radius 1 is 1.27 bits per heavy atom. The minimum atomic E-state index is 0.520. The summed E-state index contributed by atoms with van der Waals surface area (Å²) >= 11 is 0. The van der Waals surface area contributed by atoms with E-state index in [9.17, 15) is 0 Å². The summed E-state index contributed by atoms with van der Waals surface area (Å²) in [6, 6.07) is 7.84. The zero-order valence-electron chi connectivity index (χ0n) is 9.03. The van der Waals surface area contributed by atoms with Crippen molar-refractivity contribution in [3.8, 4) is 5.75 Å². The molecule has 1 aromatic rings. The van der Waals surface area contributed by atoms with Gasteiger partial charge < -0.3 is 9.47 Å². The van der Waals surface area contributed by atoms with Crippen molar-refractivity contribution in [2.75, 3.05) is 13.2 Å². The van der Waals surface area contributed by atoms with Crippen LogP contribution in [0.3, 0.4) is 0 Å². The zero-order valence-corrected chi connectivity index (χ0v) is 9.03. The summed E-state index contributed by atoms with van der Waals surface area (Å²) in [5, 5.41) is 0. The van der Waals surface area contributed by atoms with E-state index in [0.717, 1.165) is 16.9 Å². The number of hydrogen-bond acceptors (Lipinski definition) is 2. The third kappa shape index (κ3) is 3.90. The lowest BCUT2D eigenvalue weighted by Gasteiger charge is -2.06. The molecule has 2 nitrogen and oxygen atoms in total. The van der Waals surface area contributed by atoms with Gasteiger partial charge in [0.1, 0.15) is 19.0 Å². The molecular weight excluding hydrogens is 188 g/mol. The number of ether oxygens (including phenoxy) is 2. The molecule has 1 rings (SSSR count). The van der Waals surface area contributed by atoms with Gasteiger partial charge in [-0.25, -0.2) is 0 Å². The average Bonchev–Trinajstić information content (AvgIpc) is 2.25. The molecule has 0 heterocycles. The maximum atomic E-state index is 5.44. The van der Waals surface area contributed by atoms with Crippen molar-refractivity contribution in [1.82, 2.24) is 0 Å². The second-order valence-corrected chi connectivity index (χ2v) is 3.19. The standard InChI is InChI=1S/C13H16O2/c1-4-14-9-10-15-13-7-5-12(6-8-13)11(2)3/h4-8H,1-2,9-10H2,3H3. The first kappa shape index (κ1) is 11.4. The highest BCUT2D eigenvalue weighted by molar-refractivity contribution is 5.61. The quantitative estimate of drug-likeness (QED) is 0.523. The van der Waals surface area contributed by atoms with Gasteiger partial charge in [-0.3, -0.25) is 0 Å². The first-order valence-corrected chi connectivity index (χ1v) is 4.85. The highest BCUT2D eigenvalue weighted by atomic mass is 16.5. The summed E-state index contributed by atoms with van der Waals surface area (Å²) in [5.74, 6) is 0.840. The van der Waals surface area contributed by atoms with Gasteiger partial charge in [-0.15, -0.1) is 0 Å². The van der Waals surface area contributed by atoms with Crippen LogP contribution in [0.15, 0.2) is 43.7 Å². The summed E-state index contributed by atoms with van der Waals surface area (Å²) in [6.45, 7) is 10.3. The number of benzene rings is 1. The first-order valence-electron chi connectivity index (χ1n) is 4.85. The molecular formula is C13H16O2. The highest BCUT2D eigenvalue weighted by Crippen LogP contribution is 2.16. The van der Waals surface area contributed by atoms with E-state index in [2.05, 4.69) is 13.2 Å². The Balaban J connectivity index is 2.42. The van der Waals surface area contributed by atoms with Crippen LogP contribution in [0.4, 0.5) is 0 Å². The van der Waals surface area contributed by atoms with E-state index < -0.39 is 0 Å². The van der Waals surface area contributed by atoms with Crippen molar-refractivity contribution < 1.29 is 9.47 Å². The molecule has 0 aliphatic rings. The van der Waals surface area contributed by atoms with E-state index in [0.29, 0.717) is 13.2 Å². The van der Waals surface area contributed by atoms with Crippen molar-refractivity contribution in [1.29, 1.82) is 0 Å². The van der Waals surface area contributed by atoms with Crippen molar-refractivity contribution in [3.05, 3.63) is 49.2 Å². The Morgan fingerprint density at radius 3 is 2.47 bits per heavy atom. The van der Waals surface area contributed by atoms with Gasteiger partial charge in [0.25, 0.3) is 0 Å². The van der Waals surface area contributed by atoms with Crippen LogP contribution >= 0.6 is 0 Å². The fourth-order valence-electron chi connectivity index (χ4n) is 1.13. The molecule has 1 aromatic carbocycles. The molecule has 0 atom stereocenters. The topological polar surface area (TPSA) is 18.5 Å². The van der Waals surface area contributed by atoms with Crippen LogP contribution < -0.4 is 4.74 Å². The van der Waals surface area contributed by atoms with Crippen molar-refractivity contribution in [2.24, 2.45) is 0 Å². The minimum Gasteiger partial charge on any atom is -0.498 e. The van der Waals surface area contributed by atoms with Gasteiger partial charge in [0, 0.05) is 0 Å². The maximum Gasteiger partial charge on any atom is 0.122 e. The van der Waals surface area contributed by atoms with Crippen LogP contribution in [0.5, 0.6) is 5.75 Å². The molecule has 0 fully saturated rings. The smallest absolute Gasteiger partial charge is 0.122 e. The van der Waals surface area contributed by atoms with E-state index in [-0.39, 0.29) is 0 Å². The Morgan fingerprint density at radius 2 is 1.93 bits per heavy atom. The fourth-order valence-corrected chi connectivity index (χ4v) is 1.13. The molecule has 15 heavy (non-hydrogen) atoms. The summed E-state index contributed by atoms with van der Waals surface area (Å²) in [5.41, 5.74) is 2.18. The molecule has 0 amide bonds. The molecule has 0 aromatic heterocycles. The number of allylic oxidation sites excluding steroid dienone is 1. The monoisotopic (exact) mass is 204 g/mol. The predicted molar refractivity (Wildman–Crippen MR) is 62.8 cm³/mol. The minimum absolute atomic E-state index is 0.520. The average molecular weight is 204 g/mol. The van der Waals surface area contributed by atoms with Gasteiger partial charge in [0.15, 0.2) is 0 Å². The molecule has 0 saturated carbocycles. The molecule has 0 N–H and O–H groups in total. The third-order valence-corrected chi connectivity index (χ3v) is 1.93. The van der Waals surface area contributed by atoms with Crippen LogP contribution in [-0.2, 0) is 4.74 Å². The van der Waals surface area contributed by atoms with Crippen LogP contribution in [0.25, 0.3) is 5.57 Å². The summed E-state index contributed by atoms with van der Waals surface area (Å²) in [4.78, 5) is 0. The molecule has 80 valence electrons. The summed E-state index contributed by atoms with van der Waals surface area (Å²) < 4.78 is 10.4.